The lowest BCUT2D eigenvalue weighted by Gasteiger charge is -2.11. The first-order chi connectivity index (χ1) is 8.69. The minimum absolute atomic E-state index is 0.0343. The lowest BCUT2D eigenvalue weighted by atomic mass is 10.3. The molecule has 106 valence electrons. The van der Waals surface area contributed by atoms with Crippen molar-refractivity contribution in [2.45, 2.75) is 24.1 Å². The van der Waals surface area contributed by atoms with E-state index in [2.05, 4.69) is 10.0 Å². The quantitative estimate of drug-likeness (QED) is 0.717. The summed E-state index contributed by atoms with van der Waals surface area (Å²) in [5, 5.41) is 11.2. The molecule has 0 saturated carbocycles. The zero-order valence-corrected chi connectivity index (χ0v) is 12.2. The van der Waals surface area contributed by atoms with Gasteiger partial charge in [-0.3, -0.25) is 4.79 Å². The molecule has 1 aromatic rings. The zero-order chi connectivity index (χ0) is 14.8. The summed E-state index contributed by atoms with van der Waals surface area (Å²) in [5.74, 6) is -1.65. The Morgan fingerprint density at radius 1 is 1.42 bits per heavy atom. The fourth-order valence-electron chi connectivity index (χ4n) is 1.36. The molecule has 7 nitrogen and oxygen atoms in total. The van der Waals surface area contributed by atoms with Crippen LogP contribution in [0, 0.1) is 6.92 Å². The summed E-state index contributed by atoms with van der Waals surface area (Å²) >= 11 is 0.654. The Kier molecular flexibility index (Phi) is 4.66. The third-order valence-corrected chi connectivity index (χ3v) is 5.57. The minimum atomic E-state index is -3.91. The van der Waals surface area contributed by atoms with Crippen molar-refractivity contribution in [1.82, 2.24) is 10.0 Å². The van der Waals surface area contributed by atoms with Crippen LogP contribution in [0.2, 0.25) is 0 Å². The molecule has 0 bridgehead atoms. The van der Waals surface area contributed by atoms with Gasteiger partial charge in [-0.2, -0.15) is 4.72 Å². The SMILES string of the molecule is CNC(=O)C(C)NS(=O)(=O)c1cc(C)c(C(=O)O)s1. The molecule has 0 radical (unpaired) electrons. The molecule has 0 aromatic carbocycles. The molecule has 1 rings (SSSR count). The van der Waals surface area contributed by atoms with Crippen LogP contribution in [-0.4, -0.2) is 38.5 Å². The normalized spacial score (nSPS) is 13.0. The van der Waals surface area contributed by atoms with Gasteiger partial charge in [0.15, 0.2) is 0 Å². The van der Waals surface area contributed by atoms with Crippen LogP contribution >= 0.6 is 11.3 Å². The molecule has 0 aliphatic heterocycles. The maximum absolute atomic E-state index is 12.0. The van der Waals surface area contributed by atoms with Crippen molar-refractivity contribution in [1.29, 1.82) is 0 Å². The fraction of sp³-hybridized carbons (Fsp3) is 0.400. The monoisotopic (exact) mass is 306 g/mol. The van der Waals surface area contributed by atoms with Crippen LogP contribution in [0.5, 0.6) is 0 Å². The number of carbonyl (C=O) groups is 2. The zero-order valence-electron chi connectivity index (χ0n) is 10.6. The number of nitrogens with one attached hydrogen (secondary N) is 2. The minimum Gasteiger partial charge on any atom is -0.477 e. The van der Waals surface area contributed by atoms with Gasteiger partial charge >= 0.3 is 5.97 Å². The smallest absolute Gasteiger partial charge is 0.346 e. The van der Waals surface area contributed by atoms with Gasteiger partial charge in [0.2, 0.25) is 5.91 Å². The van der Waals surface area contributed by atoms with Crippen LogP contribution in [0.3, 0.4) is 0 Å². The number of carboxylic acid groups (broad SMARTS) is 1. The Morgan fingerprint density at radius 3 is 2.42 bits per heavy atom. The number of carbonyl (C=O) groups excluding carboxylic acids is 1. The predicted octanol–water partition coefficient (Wildman–Crippen LogP) is 0.168. The number of carboxylic acids is 1. The Morgan fingerprint density at radius 2 is 2.00 bits per heavy atom. The average Bonchev–Trinajstić information content (AvgIpc) is 2.70. The Labute approximate surface area is 114 Å². The topological polar surface area (TPSA) is 113 Å². The summed E-state index contributed by atoms with van der Waals surface area (Å²) in [7, 11) is -2.51. The molecule has 1 amide bonds. The van der Waals surface area contributed by atoms with E-state index in [-0.39, 0.29) is 9.09 Å². The van der Waals surface area contributed by atoms with Gasteiger partial charge in [0.1, 0.15) is 9.09 Å². The van der Waals surface area contributed by atoms with Gasteiger partial charge in [-0.05, 0) is 25.5 Å². The summed E-state index contributed by atoms with van der Waals surface area (Å²) in [6, 6.07) is 0.332. The maximum atomic E-state index is 12.0. The largest absolute Gasteiger partial charge is 0.477 e. The molecule has 1 atom stereocenters. The summed E-state index contributed by atoms with van der Waals surface area (Å²) in [4.78, 5) is 22.1. The molecule has 0 fully saturated rings. The summed E-state index contributed by atoms with van der Waals surface area (Å²) in [5.41, 5.74) is 0.366. The van der Waals surface area contributed by atoms with E-state index in [1.54, 1.807) is 0 Å². The average molecular weight is 306 g/mol. The molecule has 0 spiro atoms. The van der Waals surface area contributed by atoms with Crippen molar-refractivity contribution >= 4 is 33.2 Å². The molecule has 0 saturated heterocycles. The van der Waals surface area contributed by atoms with Crippen molar-refractivity contribution in [3.63, 3.8) is 0 Å². The molecule has 1 aromatic heterocycles. The van der Waals surface area contributed by atoms with Gasteiger partial charge in [-0.15, -0.1) is 11.3 Å². The van der Waals surface area contributed by atoms with Crippen LogP contribution in [0.1, 0.15) is 22.2 Å². The molecule has 1 heterocycles. The second-order valence-electron chi connectivity index (χ2n) is 3.84. The second-order valence-corrected chi connectivity index (χ2v) is 6.83. The van der Waals surface area contributed by atoms with Gasteiger partial charge in [0.25, 0.3) is 10.0 Å². The molecule has 9 heteroatoms. The van der Waals surface area contributed by atoms with Gasteiger partial charge < -0.3 is 10.4 Å². The molecular formula is C10H14N2O5S2. The van der Waals surface area contributed by atoms with E-state index in [0.717, 1.165) is 0 Å². The molecule has 0 aliphatic rings. The fourth-order valence-corrected chi connectivity index (χ4v) is 3.96. The Balaban J connectivity index is 3.04. The number of rotatable bonds is 5. The number of hydrogen-bond donors (Lipinski definition) is 3. The predicted molar refractivity (Wildman–Crippen MR) is 69.9 cm³/mol. The molecule has 1 unspecified atom stereocenters. The molecular weight excluding hydrogens is 292 g/mol. The standard InChI is InChI=1S/C10H14N2O5S2/c1-5-4-7(18-8(5)10(14)15)19(16,17)12-6(2)9(13)11-3/h4,6,12H,1-3H3,(H,11,13)(H,14,15). The van der Waals surface area contributed by atoms with E-state index >= 15 is 0 Å². The van der Waals surface area contributed by atoms with Crippen molar-refractivity contribution in [2.24, 2.45) is 0 Å². The van der Waals surface area contributed by atoms with Crippen LogP contribution < -0.4 is 10.0 Å². The third-order valence-electron chi connectivity index (χ3n) is 2.33. The van der Waals surface area contributed by atoms with E-state index in [4.69, 9.17) is 5.11 Å². The van der Waals surface area contributed by atoms with Crippen molar-refractivity contribution in [2.75, 3.05) is 7.05 Å². The maximum Gasteiger partial charge on any atom is 0.346 e. The second kappa shape index (κ2) is 5.68. The highest BCUT2D eigenvalue weighted by Crippen LogP contribution is 2.25. The Bertz CT molecular complexity index is 605. The first kappa shape index (κ1) is 15.6. The van der Waals surface area contributed by atoms with Gasteiger partial charge in [0.05, 0.1) is 6.04 Å². The summed E-state index contributed by atoms with van der Waals surface area (Å²) in [6.07, 6.45) is 0. The number of likely N-dealkylation sites (N-methyl/N-ethyl adjacent to an activating group) is 1. The summed E-state index contributed by atoms with van der Waals surface area (Å²) < 4.78 is 26.0. The molecule has 19 heavy (non-hydrogen) atoms. The van der Waals surface area contributed by atoms with Gasteiger partial charge in [-0.25, -0.2) is 13.2 Å². The van der Waals surface area contributed by atoms with E-state index in [1.807, 2.05) is 0 Å². The lowest BCUT2D eigenvalue weighted by molar-refractivity contribution is -0.121. The highest BCUT2D eigenvalue weighted by Gasteiger charge is 2.25. The van der Waals surface area contributed by atoms with Crippen molar-refractivity contribution < 1.29 is 23.1 Å². The summed E-state index contributed by atoms with van der Waals surface area (Å²) in [6.45, 7) is 2.91. The van der Waals surface area contributed by atoms with Crippen molar-refractivity contribution in [3.05, 3.63) is 16.5 Å². The van der Waals surface area contributed by atoms with Crippen LogP contribution in [0.25, 0.3) is 0 Å². The van der Waals surface area contributed by atoms with E-state index < -0.39 is 27.9 Å². The van der Waals surface area contributed by atoms with Gasteiger partial charge in [-0.1, -0.05) is 0 Å². The van der Waals surface area contributed by atoms with E-state index in [1.165, 1.54) is 27.0 Å². The highest BCUT2D eigenvalue weighted by molar-refractivity contribution is 7.91. The third kappa shape index (κ3) is 3.52. The lowest BCUT2D eigenvalue weighted by Crippen LogP contribution is -2.43. The van der Waals surface area contributed by atoms with Crippen molar-refractivity contribution in [3.8, 4) is 0 Å². The highest BCUT2D eigenvalue weighted by atomic mass is 32.2. The van der Waals surface area contributed by atoms with Gasteiger partial charge in [0, 0.05) is 7.05 Å². The number of hydrogen-bond acceptors (Lipinski definition) is 5. The number of aryl methyl sites for hydroxylation is 1. The van der Waals surface area contributed by atoms with E-state index in [9.17, 15) is 18.0 Å². The van der Waals surface area contributed by atoms with Crippen LogP contribution in [0.15, 0.2) is 10.3 Å². The van der Waals surface area contributed by atoms with Crippen LogP contribution in [-0.2, 0) is 14.8 Å². The first-order valence-corrected chi connectivity index (χ1v) is 7.56. The molecule has 3 N–H and O–H groups in total. The first-order valence-electron chi connectivity index (χ1n) is 5.26. The van der Waals surface area contributed by atoms with E-state index in [0.29, 0.717) is 16.9 Å². The number of thiophene rings is 1. The number of sulfonamides is 1. The number of aromatic carboxylic acids is 1. The number of amides is 1. The van der Waals surface area contributed by atoms with Crippen LogP contribution in [0.4, 0.5) is 0 Å². The Hall–Kier alpha value is -1.45. The molecule has 0 aliphatic carbocycles.